The molecule has 1 aromatic carbocycles. The summed E-state index contributed by atoms with van der Waals surface area (Å²) < 4.78 is 0. The van der Waals surface area contributed by atoms with Gasteiger partial charge in [0.1, 0.15) is 5.82 Å². The molecule has 5 heteroatoms. The molecule has 130 valence electrons. The van der Waals surface area contributed by atoms with Crippen LogP contribution >= 0.6 is 12.4 Å². The molecule has 1 unspecified atom stereocenters. The molecule has 0 bridgehead atoms. The third-order valence-corrected chi connectivity index (χ3v) is 4.62. The van der Waals surface area contributed by atoms with E-state index < -0.39 is 0 Å². The zero-order valence-corrected chi connectivity index (χ0v) is 15.3. The van der Waals surface area contributed by atoms with Gasteiger partial charge in [0.05, 0.1) is 0 Å². The number of likely N-dealkylation sites (tertiary alicyclic amines) is 1. The van der Waals surface area contributed by atoms with Gasteiger partial charge in [0.15, 0.2) is 0 Å². The Morgan fingerprint density at radius 3 is 2.67 bits per heavy atom. The molecule has 1 N–H and O–H groups in total. The van der Waals surface area contributed by atoms with Crippen LogP contribution in [0.2, 0.25) is 0 Å². The number of likely N-dealkylation sites (N-methyl/N-ethyl adjacent to an activating group) is 1. The van der Waals surface area contributed by atoms with Crippen molar-refractivity contribution < 1.29 is 0 Å². The lowest BCUT2D eigenvalue weighted by Crippen LogP contribution is -2.36. The lowest BCUT2D eigenvalue weighted by atomic mass is 10.2. The molecule has 24 heavy (non-hydrogen) atoms. The van der Waals surface area contributed by atoms with Crippen molar-refractivity contribution in [2.24, 2.45) is 0 Å². The van der Waals surface area contributed by atoms with E-state index in [0.29, 0.717) is 6.04 Å². The predicted octanol–water partition coefficient (Wildman–Crippen LogP) is 3.46. The van der Waals surface area contributed by atoms with Crippen molar-refractivity contribution in [2.45, 2.75) is 25.4 Å². The Morgan fingerprint density at radius 2 is 2.00 bits per heavy atom. The van der Waals surface area contributed by atoms with Crippen LogP contribution in [-0.4, -0.2) is 43.1 Å². The SMILES string of the molecule is CNCC1CCCN1Cc1ccc(N(C)c2ccccc2)nc1.Cl. The van der Waals surface area contributed by atoms with Crippen LogP contribution in [0.5, 0.6) is 0 Å². The van der Waals surface area contributed by atoms with Crippen LogP contribution in [0.25, 0.3) is 0 Å². The van der Waals surface area contributed by atoms with E-state index in [4.69, 9.17) is 0 Å². The summed E-state index contributed by atoms with van der Waals surface area (Å²) in [4.78, 5) is 9.33. The highest BCUT2D eigenvalue weighted by Crippen LogP contribution is 2.23. The molecular formula is C19H27ClN4. The number of hydrogen-bond acceptors (Lipinski definition) is 4. The van der Waals surface area contributed by atoms with Gasteiger partial charge >= 0.3 is 0 Å². The maximum Gasteiger partial charge on any atom is 0.132 e. The average Bonchev–Trinajstić information content (AvgIpc) is 3.03. The number of benzene rings is 1. The molecule has 2 aromatic rings. The van der Waals surface area contributed by atoms with Gasteiger partial charge in [-0.2, -0.15) is 0 Å². The van der Waals surface area contributed by atoms with Crippen LogP contribution in [0.1, 0.15) is 18.4 Å². The Morgan fingerprint density at radius 1 is 1.21 bits per heavy atom. The maximum absolute atomic E-state index is 4.65. The Balaban J connectivity index is 0.00000208. The number of aromatic nitrogens is 1. The molecule has 0 amide bonds. The second-order valence-electron chi connectivity index (χ2n) is 6.24. The molecule has 0 aliphatic carbocycles. The van der Waals surface area contributed by atoms with E-state index in [9.17, 15) is 0 Å². The molecule has 0 radical (unpaired) electrons. The van der Waals surface area contributed by atoms with E-state index in [1.54, 1.807) is 0 Å². The van der Waals surface area contributed by atoms with E-state index in [-0.39, 0.29) is 12.4 Å². The monoisotopic (exact) mass is 346 g/mol. The fraction of sp³-hybridized carbons (Fsp3) is 0.421. The van der Waals surface area contributed by atoms with E-state index in [1.165, 1.54) is 24.9 Å². The van der Waals surface area contributed by atoms with Gasteiger partial charge in [0.2, 0.25) is 0 Å². The van der Waals surface area contributed by atoms with Crippen molar-refractivity contribution in [2.75, 3.05) is 32.1 Å². The Labute approximate surface area is 151 Å². The normalized spacial score (nSPS) is 17.5. The topological polar surface area (TPSA) is 31.4 Å². The molecular weight excluding hydrogens is 320 g/mol. The minimum atomic E-state index is 0. The average molecular weight is 347 g/mol. The maximum atomic E-state index is 4.65. The summed E-state index contributed by atoms with van der Waals surface area (Å²) in [5, 5.41) is 3.30. The van der Waals surface area contributed by atoms with Crippen LogP contribution in [0, 0.1) is 0 Å². The summed E-state index contributed by atoms with van der Waals surface area (Å²) in [6.45, 7) is 3.26. The summed E-state index contributed by atoms with van der Waals surface area (Å²) in [6, 6.07) is 15.3. The van der Waals surface area contributed by atoms with Gasteiger partial charge in [-0.3, -0.25) is 4.90 Å². The Kier molecular flexibility index (Phi) is 7.03. The van der Waals surface area contributed by atoms with Crippen molar-refractivity contribution in [1.29, 1.82) is 0 Å². The summed E-state index contributed by atoms with van der Waals surface area (Å²) in [5.41, 5.74) is 2.44. The Bertz CT molecular complexity index is 603. The fourth-order valence-electron chi connectivity index (χ4n) is 3.30. The highest BCUT2D eigenvalue weighted by atomic mass is 35.5. The Hall–Kier alpha value is -1.62. The molecule has 3 rings (SSSR count). The first kappa shape index (κ1) is 18.7. The number of hydrogen-bond donors (Lipinski definition) is 1. The quantitative estimate of drug-likeness (QED) is 0.868. The highest BCUT2D eigenvalue weighted by Gasteiger charge is 2.23. The van der Waals surface area contributed by atoms with E-state index >= 15 is 0 Å². The van der Waals surface area contributed by atoms with Crippen molar-refractivity contribution >= 4 is 23.9 Å². The number of rotatable bonds is 6. The van der Waals surface area contributed by atoms with Gasteiger partial charge in [-0.15, -0.1) is 12.4 Å². The van der Waals surface area contributed by atoms with Gasteiger partial charge in [-0.25, -0.2) is 4.98 Å². The summed E-state index contributed by atoms with van der Waals surface area (Å²) in [7, 11) is 4.09. The van der Waals surface area contributed by atoms with Crippen LogP contribution in [0.15, 0.2) is 48.7 Å². The minimum absolute atomic E-state index is 0. The first-order chi connectivity index (χ1) is 11.3. The standard InChI is InChI=1S/C19H26N4.ClH/c1-20-14-18-9-6-12-23(18)15-16-10-11-19(21-13-16)22(2)17-7-4-3-5-8-17;/h3-5,7-8,10-11,13,18,20H,6,9,12,14-15H2,1-2H3;1H. The molecule has 1 saturated heterocycles. The molecule has 4 nitrogen and oxygen atoms in total. The van der Waals surface area contributed by atoms with Crippen LogP contribution < -0.4 is 10.2 Å². The lowest BCUT2D eigenvalue weighted by Gasteiger charge is -2.24. The molecule has 0 spiro atoms. The van der Waals surface area contributed by atoms with Crippen molar-refractivity contribution in [1.82, 2.24) is 15.2 Å². The molecule has 0 saturated carbocycles. The van der Waals surface area contributed by atoms with Crippen LogP contribution in [0.3, 0.4) is 0 Å². The van der Waals surface area contributed by atoms with Gasteiger partial charge in [-0.05, 0) is 50.2 Å². The van der Waals surface area contributed by atoms with Crippen LogP contribution in [-0.2, 0) is 6.54 Å². The zero-order chi connectivity index (χ0) is 16.1. The van der Waals surface area contributed by atoms with E-state index in [2.05, 4.69) is 63.5 Å². The number of nitrogens with zero attached hydrogens (tertiary/aromatic N) is 3. The number of pyridine rings is 1. The number of nitrogens with one attached hydrogen (secondary N) is 1. The minimum Gasteiger partial charge on any atom is -0.329 e. The first-order valence-corrected chi connectivity index (χ1v) is 8.40. The van der Waals surface area contributed by atoms with Gasteiger partial charge < -0.3 is 10.2 Å². The second-order valence-corrected chi connectivity index (χ2v) is 6.24. The number of halogens is 1. The molecule has 1 aromatic heterocycles. The summed E-state index contributed by atoms with van der Waals surface area (Å²) >= 11 is 0. The zero-order valence-electron chi connectivity index (χ0n) is 14.5. The third-order valence-electron chi connectivity index (χ3n) is 4.62. The van der Waals surface area contributed by atoms with Crippen molar-refractivity contribution in [3.05, 3.63) is 54.2 Å². The molecule has 1 fully saturated rings. The number of anilines is 2. The number of para-hydroxylation sites is 1. The fourth-order valence-corrected chi connectivity index (χ4v) is 3.30. The van der Waals surface area contributed by atoms with E-state index in [0.717, 1.165) is 24.6 Å². The predicted molar refractivity (Wildman–Crippen MR) is 103 cm³/mol. The molecule has 1 atom stereocenters. The molecule has 1 aliphatic heterocycles. The smallest absolute Gasteiger partial charge is 0.132 e. The van der Waals surface area contributed by atoms with Crippen molar-refractivity contribution in [3.63, 3.8) is 0 Å². The highest BCUT2D eigenvalue weighted by molar-refractivity contribution is 5.85. The molecule has 2 heterocycles. The van der Waals surface area contributed by atoms with Crippen LogP contribution in [0.4, 0.5) is 11.5 Å². The lowest BCUT2D eigenvalue weighted by molar-refractivity contribution is 0.242. The first-order valence-electron chi connectivity index (χ1n) is 8.40. The van der Waals surface area contributed by atoms with E-state index in [1.807, 2.05) is 19.3 Å². The van der Waals surface area contributed by atoms with Gasteiger partial charge in [0.25, 0.3) is 0 Å². The summed E-state index contributed by atoms with van der Waals surface area (Å²) in [5.74, 6) is 0.980. The van der Waals surface area contributed by atoms with Gasteiger partial charge in [0, 0.05) is 38.1 Å². The summed E-state index contributed by atoms with van der Waals surface area (Å²) in [6.07, 6.45) is 4.61. The third kappa shape index (κ3) is 4.47. The van der Waals surface area contributed by atoms with Crippen molar-refractivity contribution in [3.8, 4) is 0 Å². The second kappa shape index (κ2) is 9.02. The largest absolute Gasteiger partial charge is 0.329 e. The molecule has 1 aliphatic rings. The van der Waals surface area contributed by atoms with Gasteiger partial charge in [-0.1, -0.05) is 24.3 Å².